The minimum atomic E-state index is 0.0203. The lowest BCUT2D eigenvalue weighted by molar-refractivity contribution is 0.0953. The molecule has 3 heteroatoms. The standard InChI is InChI=1S/C15H22N2O/c1-2-10-16-15(18)12-6-5-9-14(11-12)17-13-7-3-4-8-13/h5-6,9,11,13,17H,2-4,7-8,10H2,1H3,(H,16,18). The lowest BCUT2D eigenvalue weighted by Crippen LogP contribution is -2.24. The zero-order valence-corrected chi connectivity index (χ0v) is 11.0. The summed E-state index contributed by atoms with van der Waals surface area (Å²) in [4.78, 5) is 11.9. The Labute approximate surface area is 109 Å². The predicted octanol–water partition coefficient (Wildman–Crippen LogP) is 3.18. The first-order valence-electron chi connectivity index (χ1n) is 6.94. The van der Waals surface area contributed by atoms with Crippen LogP contribution in [-0.2, 0) is 0 Å². The normalized spacial score (nSPS) is 15.6. The summed E-state index contributed by atoms with van der Waals surface area (Å²) >= 11 is 0. The molecule has 98 valence electrons. The van der Waals surface area contributed by atoms with Crippen LogP contribution in [0.3, 0.4) is 0 Å². The largest absolute Gasteiger partial charge is 0.382 e. The van der Waals surface area contributed by atoms with E-state index in [2.05, 4.69) is 17.6 Å². The molecule has 1 saturated carbocycles. The monoisotopic (exact) mass is 246 g/mol. The zero-order chi connectivity index (χ0) is 12.8. The van der Waals surface area contributed by atoms with Crippen LogP contribution in [0.5, 0.6) is 0 Å². The average Bonchev–Trinajstić information content (AvgIpc) is 2.89. The Morgan fingerprint density at radius 3 is 2.83 bits per heavy atom. The van der Waals surface area contributed by atoms with E-state index in [0.717, 1.165) is 24.2 Å². The maximum Gasteiger partial charge on any atom is 0.251 e. The Balaban J connectivity index is 1.97. The summed E-state index contributed by atoms with van der Waals surface area (Å²) in [6.07, 6.45) is 6.08. The van der Waals surface area contributed by atoms with Gasteiger partial charge in [0.05, 0.1) is 0 Å². The Morgan fingerprint density at radius 2 is 2.11 bits per heavy atom. The molecule has 1 aromatic carbocycles. The highest BCUT2D eigenvalue weighted by molar-refractivity contribution is 5.95. The van der Waals surface area contributed by atoms with Gasteiger partial charge in [0.2, 0.25) is 0 Å². The van der Waals surface area contributed by atoms with Crippen LogP contribution in [0, 0.1) is 0 Å². The van der Waals surface area contributed by atoms with Crippen LogP contribution in [-0.4, -0.2) is 18.5 Å². The van der Waals surface area contributed by atoms with Crippen molar-refractivity contribution in [3.63, 3.8) is 0 Å². The van der Waals surface area contributed by atoms with Crippen LogP contribution < -0.4 is 10.6 Å². The van der Waals surface area contributed by atoms with Gasteiger partial charge in [0, 0.05) is 23.8 Å². The van der Waals surface area contributed by atoms with Gasteiger partial charge in [-0.1, -0.05) is 25.8 Å². The molecule has 0 radical (unpaired) electrons. The quantitative estimate of drug-likeness (QED) is 0.837. The van der Waals surface area contributed by atoms with Crippen LogP contribution in [0.25, 0.3) is 0 Å². The van der Waals surface area contributed by atoms with Crippen LogP contribution in [0.2, 0.25) is 0 Å². The summed E-state index contributed by atoms with van der Waals surface area (Å²) in [6, 6.07) is 8.38. The van der Waals surface area contributed by atoms with Gasteiger partial charge in [-0.2, -0.15) is 0 Å². The van der Waals surface area contributed by atoms with Crippen molar-refractivity contribution in [2.24, 2.45) is 0 Å². The predicted molar refractivity (Wildman–Crippen MR) is 74.9 cm³/mol. The lowest BCUT2D eigenvalue weighted by atomic mass is 10.1. The van der Waals surface area contributed by atoms with Crippen molar-refractivity contribution in [2.75, 3.05) is 11.9 Å². The molecule has 0 unspecified atom stereocenters. The van der Waals surface area contributed by atoms with E-state index < -0.39 is 0 Å². The molecule has 0 bridgehead atoms. The van der Waals surface area contributed by atoms with Crippen molar-refractivity contribution >= 4 is 11.6 Å². The smallest absolute Gasteiger partial charge is 0.251 e. The number of hydrogen-bond acceptors (Lipinski definition) is 2. The second-order valence-electron chi connectivity index (χ2n) is 4.96. The van der Waals surface area contributed by atoms with Gasteiger partial charge in [0.1, 0.15) is 0 Å². The molecule has 0 atom stereocenters. The van der Waals surface area contributed by atoms with Crippen LogP contribution >= 0.6 is 0 Å². The van der Waals surface area contributed by atoms with E-state index in [0.29, 0.717) is 6.04 Å². The molecule has 1 aliphatic rings. The molecule has 1 fully saturated rings. The number of benzene rings is 1. The summed E-state index contributed by atoms with van der Waals surface area (Å²) in [7, 11) is 0. The molecule has 1 aromatic rings. The summed E-state index contributed by atoms with van der Waals surface area (Å²) in [6.45, 7) is 2.79. The number of anilines is 1. The van der Waals surface area contributed by atoms with E-state index in [9.17, 15) is 4.79 Å². The van der Waals surface area contributed by atoms with Gasteiger partial charge in [-0.15, -0.1) is 0 Å². The van der Waals surface area contributed by atoms with Gasteiger partial charge in [0.25, 0.3) is 5.91 Å². The topological polar surface area (TPSA) is 41.1 Å². The van der Waals surface area contributed by atoms with Crippen molar-refractivity contribution in [1.29, 1.82) is 0 Å². The summed E-state index contributed by atoms with van der Waals surface area (Å²) in [5, 5.41) is 6.41. The van der Waals surface area contributed by atoms with E-state index >= 15 is 0 Å². The lowest BCUT2D eigenvalue weighted by Gasteiger charge is -2.14. The number of carbonyl (C=O) groups is 1. The van der Waals surface area contributed by atoms with Crippen molar-refractivity contribution < 1.29 is 4.79 Å². The first-order chi connectivity index (χ1) is 8.79. The fraction of sp³-hybridized carbons (Fsp3) is 0.533. The molecule has 2 N–H and O–H groups in total. The number of amides is 1. The fourth-order valence-corrected chi connectivity index (χ4v) is 2.40. The molecule has 0 spiro atoms. The minimum Gasteiger partial charge on any atom is -0.382 e. The molecule has 18 heavy (non-hydrogen) atoms. The summed E-state index contributed by atoms with van der Waals surface area (Å²) in [5.41, 5.74) is 1.80. The molecule has 2 rings (SSSR count). The highest BCUT2D eigenvalue weighted by Gasteiger charge is 2.14. The van der Waals surface area contributed by atoms with E-state index in [1.165, 1.54) is 25.7 Å². The first kappa shape index (κ1) is 12.9. The number of carbonyl (C=O) groups excluding carboxylic acids is 1. The highest BCUT2D eigenvalue weighted by Crippen LogP contribution is 2.22. The third-order valence-corrected chi connectivity index (χ3v) is 3.39. The van der Waals surface area contributed by atoms with Crippen LogP contribution in [0.15, 0.2) is 24.3 Å². The summed E-state index contributed by atoms with van der Waals surface area (Å²) < 4.78 is 0. The number of nitrogens with one attached hydrogen (secondary N) is 2. The van der Waals surface area contributed by atoms with Crippen molar-refractivity contribution in [1.82, 2.24) is 5.32 Å². The van der Waals surface area contributed by atoms with E-state index in [4.69, 9.17) is 0 Å². The molecule has 1 aliphatic carbocycles. The number of rotatable bonds is 5. The zero-order valence-electron chi connectivity index (χ0n) is 11.0. The maximum absolute atomic E-state index is 11.9. The number of hydrogen-bond donors (Lipinski definition) is 2. The Kier molecular flexibility index (Phi) is 4.62. The van der Waals surface area contributed by atoms with Crippen LogP contribution in [0.1, 0.15) is 49.4 Å². The molecule has 3 nitrogen and oxygen atoms in total. The van der Waals surface area contributed by atoms with Gasteiger partial charge >= 0.3 is 0 Å². The molecule has 0 heterocycles. The van der Waals surface area contributed by atoms with E-state index in [-0.39, 0.29) is 5.91 Å². The third-order valence-electron chi connectivity index (χ3n) is 3.39. The van der Waals surface area contributed by atoms with Gasteiger partial charge in [-0.25, -0.2) is 0 Å². The van der Waals surface area contributed by atoms with Gasteiger partial charge < -0.3 is 10.6 Å². The highest BCUT2D eigenvalue weighted by atomic mass is 16.1. The van der Waals surface area contributed by atoms with E-state index in [1.807, 2.05) is 24.3 Å². The van der Waals surface area contributed by atoms with Gasteiger partial charge in [0.15, 0.2) is 0 Å². The fourth-order valence-electron chi connectivity index (χ4n) is 2.40. The second-order valence-corrected chi connectivity index (χ2v) is 4.96. The average molecular weight is 246 g/mol. The Hall–Kier alpha value is -1.51. The summed E-state index contributed by atoms with van der Waals surface area (Å²) in [5.74, 6) is 0.0203. The maximum atomic E-state index is 11.9. The SMILES string of the molecule is CCCNC(=O)c1cccc(NC2CCCC2)c1. The van der Waals surface area contributed by atoms with Gasteiger partial charge in [-0.3, -0.25) is 4.79 Å². The molecule has 0 saturated heterocycles. The van der Waals surface area contributed by atoms with Gasteiger partial charge in [-0.05, 0) is 37.5 Å². The van der Waals surface area contributed by atoms with Crippen molar-refractivity contribution in [3.05, 3.63) is 29.8 Å². The van der Waals surface area contributed by atoms with Crippen molar-refractivity contribution in [3.8, 4) is 0 Å². The molecule has 1 amide bonds. The molecular formula is C15H22N2O. The molecular weight excluding hydrogens is 224 g/mol. The minimum absolute atomic E-state index is 0.0203. The first-order valence-corrected chi connectivity index (χ1v) is 6.94. The van der Waals surface area contributed by atoms with Crippen LogP contribution in [0.4, 0.5) is 5.69 Å². The van der Waals surface area contributed by atoms with E-state index in [1.54, 1.807) is 0 Å². The molecule has 0 aliphatic heterocycles. The Morgan fingerprint density at radius 1 is 1.33 bits per heavy atom. The Bertz CT molecular complexity index is 397. The third kappa shape index (κ3) is 3.49. The second kappa shape index (κ2) is 6.43. The van der Waals surface area contributed by atoms with Crippen molar-refractivity contribution in [2.45, 2.75) is 45.1 Å². The molecule has 0 aromatic heterocycles.